The Kier molecular flexibility index (Phi) is 4.01. The Labute approximate surface area is 116 Å². The van der Waals surface area contributed by atoms with E-state index in [-0.39, 0.29) is 0 Å². The van der Waals surface area contributed by atoms with Crippen LogP contribution in [0.25, 0.3) is 0 Å². The molecule has 0 amide bonds. The summed E-state index contributed by atoms with van der Waals surface area (Å²) >= 11 is 3.50. The number of hydrogen-bond donors (Lipinski definition) is 1. The average molecular weight is 309 g/mol. The minimum absolute atomic E-state index is 0.330. The molecule has 5 heteroatoms. The van der Waals surface area contributed by atoms with Crippen molar-refractivity contribution in [1.82, 2.24) is 14.8 Å². The lowest BCUT2D eigenvalue weighted by Crippen LogP contribution is -2.12. The summed E-state index contributed by atoms with van der Waals surface area (Å²) in [7, 11) is 0. The van der Waals surface area contributed by atoms with Crippen molar-refractivity contribution in [3.8, 4) is 0 Å². The van der Waals surface area contributed by atoms with Crippen LogP contribution < -0.4 is 5.32 Å². The van der Waals surface area contributed by atoms with Gasteiger partial charge in [-0.2, -0.15) is 5.10 Å². The zero-order valence-corrected chi connectivity index (χ0v) is 12.4. The normalized spacial score (nSPS) is 10.9. The van der Waals surface area contributed by atoms with Crippen LogP contribution in [0, 0.1) is 6.92 Å². The second-order valence-corrected chi connectivity index (χ2v) is 5.39. The smallest absolute Gasteiger partial charge is 0.146 e. The van der Waals surface area contributed by atoms with Crippen LogP contribution in [0.4, 0.5) is 5.69 Å². The van der Waals surface area contributed by atoms with Crippen molar-refractivity contribution >= 4 is 21.6 Å². The van der Waals surface area contributed by atoms with Crippen LogP contribution in [-0.2, 0) is 6.54 Å². The van der Waals surface area contributed by atoms with Gasteiger partial charge in [-0.3, -0.25) is 0 Å². The fraction of sp³-hybridized carbons (Fsp3) is 0.385. The van der Waals surface area contributed by atoms with Gasteiger partial charge in [0.05, 0.1) is 6.54 Å². The third-order valence-electron chi connectivity index (χ3n) is 2.74. The largest absolute Gasteiger partial charge is 0.378 e. The molecule has 4 nitrogen and oxygen atoms in total. The van der Waals surface area contributed by atoms with Crippen molar-refractivity contribution in [2.24, 2.45) is 0 Å². The number of rotatable bonds is 4. The SMILES string of the molecule is Cc1cc(NCc2ncnn2C(C)C)ccc1Br. The van der Waals surface area contributed by atoms with E-state index in [0.29, 0.717) is 12.6 Å². The Hall–Kier alpha value is -1.36. The Balaban J connectivity index is 2.07. The topological polar surface area (TPSA) is 42.7 Å². The number of aromatic nitrogens is 3. The van der Waals surface area contributed by atoms with E-state index in [2.05, 4.69) is 58.2 Å². The van der Waals surface area contributed by atoms with Gasteiger partial charge in [0.15, 0.2) is 0 Å². The molecule has 0 saturated carbocycles. The fourth-order valence-electron chi connectivity index (χ4n) is 1.77. The van der Waals surface area contributed by atoms with Gasteiger partial charge in [-0.05, 0) is 44.5 Å². The number of halogens is 1. The molecule has 96 valence electrons. The third kappa shape index (κ3) is 2.90. The van der Waals surface area contributed by atoms with Gasteiger partial charge in [0.2, 0.25) is 0 Å². The van der Waals surface area contributed by atoms with Crippen LogP contribution in [0.2, 0.25) is 0 Å². The Morgan fingerprint density at radius 1 is 1.39 bits per heavy atom. The van der Waals surface area contributed by atoms with Gasteiger partial charge in [-0.1, -0.05) is 15.9 Å². The van der Waals surface area contributed by atoms with Gasteiger partial charge in [0.1, 0.15) is 12.2 Å². The van der Waals surface area contributed by atoms with Crippen molar-refractivity contribution < 1.29 is 0 Å². The molecule has 2 rings (SSSR count). The number of hydrogen-bond acceptors (Lipinski definition) is 3. The molecule has 0 fully saturated rings. The summed E-state index contributed by atoms with van der Waals surface area (Å²) in [5.74, 6) is 0.950. The number of anilines is 1. The quantitative estimate of drug-likeness (QED) is 0.939. The van der Waals surface area contributed by atoms with Crippen molar-refractivity contribution in [1.29, 1.82) is 0 Å². The number of nitrogens with one attached hydrogen (secondary N) is 1. The molecule has 1 heterocycles. The van der Waals surface area contributed by atoms with E-state index in [9.17, 15) is 0 Å². The van der Waals surface area contributed by atoms with Crippen molar-refractivity contribution in [2.45, 2.75) is 33.4 Å². The van der Waals surface area contributed by atoms with Crippen LogP contribution >= 0.6 is 15.9 Å². The zero-order chi connectivity index (χ0) is 13.1. The third-order valence-corrected chi connectivity index (χ3v) is 3.63. The summed E-state index contributed by atoms with van der Waals surface area (Å²) < 4.78 is 3.05. The summed E-state index contributed by atoms with van der Waals surface area (Å²) in [6.45, 7) is 6.95. The van der Waals surface area contributed by atoms with E-state index in [1.165, 1.54) is 5.56 Å². The second kappa shape index (κ2) is 5.52. The van der Waals surface area contributed by atoms with E-state index >= 15 is 0 Å². The second-order valence-electron chi connectivity index (χ2n) is 4.53. The lowest BCUT2D eigenvalue weighted by atomic mass is 10.2. The molecule has 0 aliphatic heterocycles. The van der Waals surface area contributed by atoms with E-state index in [4.69, 9.17) is 0 Å². The van der Waals surface area contributed by atoms with Crippen molar-refractivity contribution in [3.63, 3.8) is 0 Å². The van der Waals surface area contributed by atoms with Crippen LogP contribution in [0.15, 0.2) is 29.0 Å². The average Bonchev–Trinajstić information content (AvgIpc) is 2.79. The molecule has 0 aliphatic carbocycles. The molecule has 0 spiro atoms. The summed E-state index contributed by atoms with van der Waals surface area (Å²) in [5, 5.41) is 7.58. The Morgan fingerprint density at radius 2 is 2.17 bits per heavy atom. The van der Waals surface area contributed by atoms with E-state index in [1.54, 1.807) is 6.33 Å². The first-order valence-electron chi connectivity index (χ1n) is 5.96. The minimum Gasteiger partial charge on any atom is -0.378 e. The lowest BCUT2D eigenvalue weighted by molar-refractivity contribution is 0.509. The van der Waals surface area contributed by atoms with Gasteiger partial charge < -0.3 is 5.32 Å². The molecular weight excluding hydrogens is 292 g/mol. The standard InChI is InChI=1S/C13H17BrN4/c1-9(2)18-13(16-8-17-18)7-15-11-4-5-12(14)10(3)6-11/h4-6,8-9,15H,7H2,1-3H3. The highest BCUT2D eigenvalue weighted by molar-refractivity contribution is 9.10. The molecule has 0 unspecified atom stereocenters. The zero-order valence-electron chi connectivity index (χ0n) is 10.8. The Morgan fingerprint density at radius 3 is 2.83 bits per heavy atom. The van der Waals surface area contributed by atoms with E-state index in [1.807, 2.05) is 16.8 Å². The highest BCUT2D eigenvalue weighted by Crippen LogP contribution is 2.20. The highest BCUT2D eigenvalue weighted by atomic mass is 79.9. The first-order valence-corrected chi connectivity index (χ1v) is 6.75. The highest BCUT2D eigenvalue weighted by Gasteiger charge is 2.07. The molecule has 0 radical (unpaired) electrons. The monoisotopic (exact) mass is 308 g/mol. The maximum Gasteiger partial charge on any atom is 0.146 e. The van der Waals surface area contributed by atoms with Gasteiger partial charge in [-0.15, -0.1) is 0 Å². The summed E-state index contributed by atoms with van der Waals surface area (Å²) in [4.78, 5) is 4.27. The molecule has 18 heavy (non-hydrogen) atoms. The molecule has 1 aromatic carbocycles. The number of nitrogens with zero attached hydrogens (tertiary/aromatic N) is 3. The molecule has 2 aromatic rings. The molecule has 0 bridgehead atoms. The van der Waals surface area contributed by atoms with E-state index in [0.717, 1.165) is 16.0 Å². The first kappa shape index (κ1) is 13.1. The van der Waals surface area contributed by atoms with E-state index < -0.39 is 0 Å². The van der Waals surface area contributed by atoms with Crippen molar-refractivity contribution in [2.75, 3.05) is 5.32 Å². The van der Waals surface area contributed by atoms with Crippen LogP contribution in [-0.4, -0.2) is 14.8 Å². The maximum atomic E-state index is 4.27. The molecule has 0 saturated heterocycles. The summed E-state index contributed by atoms with van der Waals surface area (Å²) in [5.41, 5.74) is 2.30. The maximum absolute atomic E-state index is 4.27. The fourth-order valence-corrected chi connectivity index (χ4v) is 2.01. The van der Waals surface area contributed by atoms with Gasteiger partial charge >= 0.3 is 0 Å². The first-order chi connectivity index (χ1) is 8.58. The molecule has 0 atom stereocenters. The predicted molar refractivity (Wildman–Crippen MR) is 76.6 cm³/mol. The summed E-state index contributed by atoms with van der Waals surface area (Å²) in [6, 6.07) is 6.54. The van der Waals surface area contributed by atoms with Crippen LogP contribution in [0.5, 0.6) is 0 Å². The van der Waals surface area contributed by atoms with Crippen LogP contribution in [0.3, 0.4) is 0 Å². The van der Waals surface area contributed by atoms with Crippen LogP contribution in [0.1, 0.15) is 31.3 Å². The number of aryl methyl sites for hydroxylation is 1. The molecule has 1 N–H and O–H groups in total. The number of benzene rings is 1. The Bertz CT molecular complexity index is 534. The molecule has 1 aromatic heterocycles. The van der Waals surface area contributed by atoms with Gasteiger partial charge in [0.25, 0.3) is 0 Å². The molecular formula is C13H17BrN4. The van der Waals surface area contributed by atoms with Gasteiger partial charge in [-0.25, -0.2) is 9.67 Å². The summed E-state index contributed by atoms with van der Waals surface area (Å²) in [6.07, 6.45) is 1.60. The lowest BCUT2D eigenvalue weighted by Gasteiger charge is -2.11. The predicted octanol–water partition coefficient (Wildman–Crippen LogP) is 3.54. The van der Waals surface area contributed by atoms with Gasteiger partial charge in [0, 0.05) is 16.2 Å². The molecule has 0 aliphatic rings. The minimum atomic E-state index is 0.330. The van der Waals surface area contributed by atoms with Crippen molar-refractivity contribution in [3.05, 3.63) is 40.4 Å².